The molecule has 0 fully saturated rings. The van der Waals surface area contributed by atoms with Crippen LogP contribution in [-0.4, -0.2) is 44.4 Å². The Morgan fingerprint density at radius 2 is 1.61 bits per heavy atom. The van der Waals surface area contributed by atoms with E-state index in [4.69, 9.17) is 14.2 Å². The second-order valence-corrected chi connectivity index (χ2v) is 8.77. The van der Waals surface area contributed by atoms with E-state index in [2.05, 4.69) is 15.3 Å². The van der Waals surface area contributed by atoms with Gasteiger partial charge in [0.15, 0.2) is 0 Å². The van der Waals surface area contributed by atoms with Gasteiger partial charge in [-0.1, -0.05) is 18.2 Å². The third-order valence-electron chi connectivity index (χ3n) is 5.94. The summed E-state index contributed by atoms with van der Waals surface area (Å²) in [6.07, 6.45) is 0.884. The Kier molecular flexibility index (Phi) is 7.96. The minimum atomic E-state index is -0.647. The van der Waals surface area contributed by atoms with Crippen molar-refractivity contribution < 1.29 is 19.0 Å². The molecule has 0 radical (unpaired) electrons. The van der Waals surface area contributed by atoms with Crippen molar-refractivity contribution in [1.82, 2.24) is 9.97 Å². The molecule has 4 aromatic rings. The maximum absolute atomic E-state index is 13.7. The smallest absolute Gasteiger partial charge is 0.425 e. The van der Waals surface area contributed by atoms with Crippen molar-refractivity contribution in [2.24, 2.45) is 0 Å². The van der Waals surface area contributed by atoms with E-state index in [1.807, 2.05) is 75.3 Å². The number of methoxy groups -OCH3 is 2. The number of amides is 1. The van der Waals surface area contributed by atoms with Crippen LogP contribution in [0.25, 0.3) is 0 Å². The molecule has 0 saturated carbocycles. The molecule has 38 heavy (non-hydrogen) atoms. The van der Waals surface area contributed by atoms with Gasteiger partial charge in [0.05, 0.1) is 25.6 Å². The average Bonchev–Trinajstić information content (AvgIpc) is 2.91. The van der Waals surface area contributed by atoms with E-state index in [0.717, 1.165) is 22.5 Å². The Labute approximate surface area is 222 Å². The zero-order valence-corrected chi connectivity index (χ0v) is 22.4. The van der Waals surface area contributed by atoms with Crippen LogP contribution in [0.5, 0.6) is 17.4 Å². The van der Waals surface area contributed by atoms with E-state index >= 15 is 0 Å². The minimum Gasteiger partial charge on any atom is -0.497 e. The van der Waals surface area contributed by atoms with Gasteiger partial charge in [0.2, 0.25) is 11.8 Å². The number of carbonyl (C=O) groups is 1. The second-order valence-electron chi connectivity index (χ2n) is 8.77. The van der Waals surface area contributed by atoms with Crippen molar-refractivity contribution in [1.29, 1.82) is 0 Å². The van der Waals surface area contributed by atoms with Gasteiger partial charge in [-0.3, -0.25) is 0 Å². The van der Waals surface area contributed by atoms with Gasteiger partial charge in [-0.05, 0) is 61.4 Å². The Balaban J connectivity index is 1.66. The van der Waals surface area contributed by atoms with Crippen LogP contribution < -0.4 is 29.3 Å². The van der Waals surface area contributed by atoms with Crippen molar-refractivity contribution in [2.75, 3.05) is 43.4 Å². The SMILES string of the molecule is COc1ccc(N(C(=O)Oc2ccnc(Nc3ccc(N(C)C)cc3)n2)c2c(C)cccc2C)c(OC)c1. The van der Waals surface area contributed by atoms with Crippen LogP contribution in [-0.2, 0) is 0 Å². The average molecular weight is 514 g/mol. The molecule has 0 atom stereocenters. The fraction of sp³-hybridized carbons (Fsp3) is 0.207. The molecule has 0 saturated heterocycles. The lowest BCUT2D eigenvalue weighted by Crippen LogP contribution is -2.31. The van der Waals surface area contributed by atoms with Crippen LogP contribution in [0.4, 0.5) is 33.5 Å². The summed E-state index contributed by atoms with van der Waals surface area (Å²) in [6.45, 7) is 3.87. The second kappa shape index (κ2) is 11.5. The first-order valence-electron chi connectivity index (χ1n) is 12.0. The van der Waals surface area contributed by atoms with Gasteiger partial charge >= 0.3 is 6.09 Å². The molecule has 1 aromatic heterocycles. The first-order chi connectivity index (χ1) is 18.3. The Morgan fingerprint density at radius 1 is 0.895 bits per heavy atom. The quantitative estimate of drug-likeness (QED) is 0.295. The van der Waals surface area contributed by atoms with Crippen LogP contribution in [0.2, 0.25) is 0 Å². The molecule has 0 unspecified atom stereocenters. The zero-order valence-electron chi connectivity index (χ0n) is 22.4. The summed E-state index contributed by atoms with van der Waals surface area (Å²) in [5, 5.41) is 3.15. The Bertz CT molecular complexity index is 1400. The summed E-state index contributed by atoms with van der Waals surface area (Å²) >= 11 is 0. The molecule has 1 N–H and O–H groups in total. The number of benzene rings is 3. The lowest BCUT2D eigenvalue weighted by molar-refractivity contribution is 0.208. The molecule has 3 aromatic carbocycles. The van der Waals surface area contributed by atoms with Crippen molar-refractivity contribution in [3.8, 4) is 17.4 Å². The number of nitrogens with zero attached hydrogens (tertiary/aromatic N) is 4. The van der Waals surface area contributed by atoms with Gasteiger partial charge in [0.25, 0.3) is 0 Å². The largest absolute Gasteiger partial charge is 0.497 e. The van der Waals surface area contributed by atoms with E-state index in [1.165, 1.54) is 17.2 Å². The maximum atomic E-state index is 13.7. The predicted octanol–water partition coefficient (Wildman–Crippen LogP) is 6.26. The highest BCUT2D eigenvalue weighted by Gasteiger charge is 2.27. The van der Waals surface area contributed by atoms with Gasteiger partial charge < -0.3 is 24.4 Å². The molecule has 0 bridgehead atoms. The van der Waals surface area contributed by atoms with Crippen molar-refractivity contribution in [2.45, 2.75) is 13.8 Å². The highest BCUT2D eigenvalue weighted by Crippen LogP contribution is 2.39. The van der Waals surface area contributed by atoms with Gasteiger partial charge in [-0.15, -0.1) is 0 Å². The predicted molar refractivity (Wildman–Crippen MR) is 150 cm³/mol. The van der Waals surface area contributed by atoms with Crippen LogP contribution in [0.3, 0.4) is 0 Å². The normalized spacial score (nSPS) is 10.5. The zero-order chi connectivity index (χ0) is 27.2. The van der Waals surface area contributed by atoms with Gasteiger partial charge in [-0.2, -0.15) is 4.98 Å². The number of hydrogen-bond acceptors (Lipinski definition) is 8. The van der Waals surface area contributed by atoms with Crippen LogP contribution in [0, 0.1) is 13.8 Å². The molecule has 1 amide bonds. The van der Waals surface area contributed by atoms with Gasteiger partial charge in [0, 0.05) is 43.8 Å². The van der Waals surface area contributed by atoms with Crippen molar-refractivity contribution in [3.63, 3.8) is 0 Å². The molecule has 0 aliphatic rings. The van der Waals surface area contributed by atoms with Crippen LogP contribution >= 0.6 is 0 Å². The van der Waals surface area contributed by atoms with E-state index in [9.17, 15) is 4.79 Å². The molecule has 1 heterocycles. The van der Waals surface area contributed by atoms with E-state index < -0.39 is 6.09 Å². The number of carbonyl (C=O) groups excluding carboxylic acids is 1. The molecule has 9 heteroatoms. The lowest BCUT2D eigenvalue weighted by atomic mass is 10.1. The number of rotatable bonds is 8. The minimum absolute atomic E-state index is 0.0983. The fourth-order valence-electron chi connectivity index (χ4n) is 4.00. The molecule has 4 rings (SSSR count). The molecular formula is C29H31N5O4. The van der Waals surface area contributed by atoms with E-state index in [0.29, 0.717) is 28.8 Å². The Morgan fingerprint density at radius 3 is 2.24 bits per heavy atom. The summed E-state index contributed by atoms with van der Waals surface area (Å²) in [7, 11) is 7.07. The third kappa shape index (κ3) is 5.78. The standard InChI is InChI=1S/C29H31N5O4/c1-19-8-7-9-20(2)27(19)34(24-15-14-23(36-5)18-25(24)37-6)29(35)38-26-16-17-30-28(32-26)31-21-10-12-22(13-11-21)33(3)4/h7-18H,1-6H3,(H,30,31,32). The number of aromatic nitrogens is 2. The summed E-state index contributed by atoms with van der Waals surface area (Å²) in [6, 6.07) is 20.4. The van der Waals surface area contributed by atoms with Crippen LogP contribution in [0.15, 0.2) is 72.9 Å². The first kappa shape index (κ1) is 26.3. The number of aryl methyl sites for hydroxylation is 2. The summed E-state index contributed by atoms with van der Waals surface area (Å²) < 4.78 is 16.7. The lowest BCUT2D eigenvalue weighted by Gasteiger charge is -2.27. The number of nitrogens with one attached hydrogen (secondary N) is 1. The highest BCUT2D eigenvalue weighted by molar-refractivity contribution is 6.00. The Hall–Kier alpha value is -4.79. The van der Waals surface area contributed by atoms with Gasteiger partial charge in [0.1, 0.15) is 11.5 Å². The molecular weight excluding hydrogens is 482 g/mol. The number of para-hydroxylation sites is 1. The molecule has 9 nitrogen and oxygen atoms in total. The maximum Gasteiger partial charge on any atom is 0.425 e. The molecule has 0 aliphatic carbocycles. The number of anilines is 5. The van der Waals surface area contributed by atoms with Crippen LogP contribution in [0.1, 0.15) is 11.1 Å². The first-order valence-corrected chi connectivity index (χ1v) is 12.0. The number of ether oxygens (including phenoxy) is 3. The fourth-order valence-corrected chi connectivity index (χ4v) is 4.00. The van der Waals surface area contributed by atoms with Crippen molar-refractivity contribution >= 4 is 34.8 Å². The van der Waals surface area contributed by atoms with Crippen molar-refractivity contribution in [3.05, 3.63) is 84.1 Å². The number of hydrogen-bond donors (Lipinski definition) is 1. The summed E-state index contributed by atoms with van der Waals surface area (Å²) in [5.41, 5.74) is 4.86. The molecule has 0 spiro atoms. The highest BCUT2D eigenvalue weighted by atomic mass is 16.6. The molecule has 0 aliphatic heterocycles. The summed E-state index contributed by atoms with van der Waals surface area (Å²) in [4.78, 5) is 25.9. The van der Waals surface area contributed by atoms with Gasteiger partial charge in [-0.25, -0.2) is 14.7 Å². The van der Waals surface area contributed by atoms with E-state index in [1.54, 1.807) is 32.4 Å². The summed E-state index contributed by atoms with van der Waals surface area (Å²) in [5.74, 6) is 1.45. The topological polar surface area (TPSA) is 89.0 Å². The monoisotopic (exact) mass is 513 g/mol. The van der Waals surface area contributed by atoms with E-state index in [-0.39, 0.29) is 5.88 Å². The third-order valence-corrected chi connectivity index (χ3v) is 5.94. The molecule has 196 valence electrons.